The van der Waals surface area contributed by atoms with Crippen LogP contribution < -0.4 is 0 Å². The highest BCUT2D eigenvalue weighted by Crippen LogP contribution is 2.33. The van der Waals surface area contributed by atoms with Gasteiger partial charge in [0.05, 0.1) is 9.79 Å². The summed E-state index contributed by atoms with van der Waals surface area (Å²) < 4.78 is 37.2. The maximum Gasteiger partial charge on any atom is 0.207 e. The van der Waals surface area contributed by atoms with E-state index in [2.05, 4.69) is 0 Å². The fourth-order valence-electron chi connectivity index (χ4n) is 2.37. The molecular weight excluding hydrogens is 320 g/mol. The average molecular weight is 332 g/mol. The lowest BCUT2D eigenvalue weighted by molar-refractivity contribution is 0.112. The summed E-state index contributed by atoms with van der Waals surface area (Å²) in [6.45, 7) is 0. The van der Waals surface area contributed by atoms with Crippen LogP contribution >= 0.6 is 0 Å². The normalized spacial score (nSPS) is 16.2. The number of hydrogen-bond donors (Lipinski definition) is 0. The second kappa shape index (κ2) is 5.30. The number of sulfone groups is 1. The molecule has 1 unspecified atom stereocenters. The van der Waals surface area contributed by atoms with Crippen molar-refractivity contribution >= 4 is 39.1 Å². The van der Waals surface area contributed by atoms with E-state index in [1.165, 1.54) is 12.1 Å². The molecule has 0 fully saturated rings. The summed E-state index contributed by atoms with van der Waals surface area (Å²) in [7, 11) is -4.92. The lowest BCUT2D eigenvalue weighted by Crippen LogP contribution is -2.06. The Morgan fingerprint density at radius 2 is 1.68 bits per heavy atom. The number of carbonyl (C=O) groups is 1. The van der Waals surface area contributed by atoms with E-state index in [4.69, 9.17) is 0 Å². The van der Waals surface area contributed by atoms with Crippen molar-refractivity contribution in [3.63, 3.8) is 0 Å². The number of benzene rings is 2. The van der Waals surface area contributed by atoms with E-state index in [9.17, 15) is 17.4 Å². The van der Waals surface area contributed by atoms with Crippen LogP contribution in [0.5, 0.6) is 0 Å². The van der Waals surface area contributed by atoms with Crippen molar-refractivity contribution in [2.75, 3.05) is 6.26 Å². The van der Waals surface area contributed by atoms with Gasteiger partial charge in [0.15, 0.2) is 0 Å². The van der Waals surface area contributed by atoms with Gasteiger partial charge in [-0.15, -0.1) is 0 Å². The first-order chi connectivity index (χ1) is 10.4. The van der Waals surface area contributed by atoms with E-state index in [1.807, 2.05) is 0 Å². The maximum absolute atomic E-state index is 12.8. The highest BCUT2D eigenvalue weighted by atomic mass is 32.2. The molecule has 112 valence electrons. The van der Waals surface area contributed by atoms with Crippen LogP contribution in [0, 0.1) is 0 Å². The molecule has 3 rings (SSSR count). The summed E-state index contributed by atoms with van der Waals surface area (Å²) in [6, 6.07) is 9.20. The predicted octanol–water partition coefficient (Wildman–Crippen LogP) is 2.55. The van der Waals surface area contributed by atoms with Gasteiger partial charge in [0.1, 0.15) is 6.29 Å². The van der Waals surface area contributed by atoms with Crippen LogP contribution in [-0.4, -0.2) is 25.2 Å². The van der Waals surface area contributed by atoms with E-state index in [0.717, 1.165) is 0 Å². The Bertz CT molecular complexity index is 941. The summed E-state index contributed by atoms with van der Waals surface area (Å²) in [6.07, 6.45) is 5.54. The molecule has 2 aromatic carbocycles. The van der Waals surface area contributed by atoms with Crippen LogP contribution in [-0.2, 0) is 20.6 Å². The molecule has 0 amide bonds. The molecule has 6 heteroatoms. The molecule has 2 aromatic rings. The average Bonchev–Trinajstić information content (AvgIpc) is 2.62. The molecule has 0 aliphatic carbocycles. The Morgan fingerprint density at radius 3 is 2.36 bits per heavy atom. The minimum Gasteiger partial charge on any atom is -0.298 e. The molecule has 0 radical (unpaired) electrons. The third kappa shape index (κ3) is 2.34. The zero-order valence-electron chi connectivity index (χ0n) is 11.6. The zero-order valence-corrected chi connectivity index (χ0v) is 13.3. The van der Waals surface area contributed by atoms with Gasteiger partial charge in [0.2, 0.25) is 9.84 Å². The molecule has 0 saturated heterocycles. The Kier molecular flexibility index (Phi) is 3.58. The van der Waals surface area contributed by atoms with Crippen LogP contribution in [0.25, 0.3) is 12.2 Å². The molecule has 22 heavy (non-hydrogen) atoms. The molecule has 0 bridgehead atoms. The first-order valence-electron chi connectivity index (χ1n) is 6.43. The van der Waals surface area contributed by atoms with Gasteiger partial charge in [-0.3, -0.25) is 9.00 Å². The molecule has 1 aliphatic rings. The number of carbonyl (C=O) groups excluding carboxylic acids is 1. The number of fused-ring (bicyclic) bond motifs is 2. The van der Waals surface area contributed by atoms with Crippen LogP contribution in [0.3, 0.4) is 0 Å². The largest absolute Gasteiger partial charge is 0.298 e. The van der Waals surface area contributed by atoms with Crippen molar-refractivity contribution in [2.45, 2.75) is 14.7 Å². The number of rotatable bonds is 2. The fourth-order valence-corrected chi connectivity index (χ4v) is 4.58. The van der Waals surface area contributed by atoms with Gasteiger partial charge in [0, 0.05) is 27.5 Å². The van der Waals surface area contributed by atoms with Crippen LogP contribution in [0.4, 0.5) is 0 Å². The van der Waals surface area contributed by atoms with Crippen molar-refractivity contribution < 1.29 is 17.4 Å². The van der Waals surface area contributed by atoms with Crippen molar-refractivity contribution in [3.8, 4) is 0 Å². The molecule has 1 heterocycles. The van der Waals surface area contributed by atoms with Crippen LogP contribution in [0.2, 0.25) is 0 Å². The zero-order chi connectivity index (χ0) is 15.9. The molecule has 4 nitrogen and oxygen atoms in total. The molecule has 0 N–H and O–H groups in total. The van der Waals surface area contributed by atoms with Gasteiger partial charge >= 0.3 is 0 Å². The quantitative estimate of drug-likeness (QED) is 0.676. The van der Waals surface area contributed by atoms with Gasteiger partial charge in [-0.1, -0.05) is 24.3 Å². The summed E-state index contributed by atoms with van der Waals surface area (Å²) in [4.78, 5) is 11.7. The minimum atomic E-state index is -3.73. The minimum absolute atomic E-state index is 0.109. The predicted molar refractivity (Wildman–Crippen MR) is 85.0 cm³/mol. The lowest BCUT2D eigenvalue weighted by Gasteiger charge is -2.09. The molecule has 1 aliphatic heterocycles. The first-order valence-corrected chi connectivity index (χ1v) is 9.47. The second-order valence-electron chi connectivity index (χ2n) is 4.91. The Hall–Kier alpha value is -2.05. The summed E-state index contributed by atoms with van der Waals surface area (Å²) in [5.74, 6) is 0. The van der Waals surface area contributed by atoms with Gasteiger partial charge in [0.25, 0.3) is 0 Å². The van der Waals surface area contributed by atoms with Gasteiger partial charge in [-0.2, -0.15) is 0 Å². The number of aldehydes is 1. The molecule has 0 spiro atoms. The second-order valence-corrected chi connectivity index (χ2v) is 8.17. The smallest absolute Gasteiger partial charge is 0.207 e. The SMILES string of the molecule is CS(=O)c1ccc2c(c1)C=Cc1ccc(C=O)cc1S2(=O)=O. The molecule has 0 saturated carbocycles. The third-order valence-electron chi connectivity index (χ3n) is 3.51. The van der Waals surface area contributed by atoms with E-state index in [-0.39, 0.29) is 9.79 Å². The van der Waals surface area contributed by atoms with E-state index in [0.29, 0.717) is 27.9 Å². The molecular formula is C16H12O4S2. The topological polar surface area (TPSA) is 68.3 Å². The van der Waals surface area contributed by atoms with Gasteiger partial charge in [-0.25, -0.2) is 8.42 Å². The number of hydrogen-bond acceptors (Lipinski definition) is 4. The fraction of sp³-hybridized carbons (Fsp3) is 0.0625. The first kappa shape index (κ1) is 14.9. The van der Waals surface area contributed by atoms with Gasteiger partial charge < -0.3 is 0 Å². The summed E-state index contributed by atoms with van der Waals surface area (Å²) >= 11 is 0. The summed E-state index contributed by atoms with van der Waals surface area (Å²) in [5, 5.41) is 0. The van der Waals surface area contributed by atoms with E-state index in [1.54, 1.807) is 42.7 Å². The highest BCUT2D eigenvalue weighted by molar-refractivity contribution is 7.91. The van der Waals surface area contributed by atoms with Crippen molar-refractivity contribution in [2.24, 2.45) is 0 Å². The van der Waals surface area contributed by atoms with Crippen LogP contribution in [0.1, 0.15) is 21.5 Å². The highest BCUT2D eigenvalue weighted by Gasteiger charge is 2.26. The van der Waals surface area contributed by atoms with Crippen molar-refractivity contribution in [1.29, 1.82) is 0 Å². The standard InChI is InChI=1S/C16H12O4S2/c1-21(18)14-6-7-15-13(9-14)5-4-12-3-2-11(10-17)8-16(12)22(15,19)20/h2-10H,1H3. The molecule has 0 aromatic heterocycles. The Labute approximate surface area is 130 Å². The summed E-state index contributed by atoms with van der Waals surface area (Å²) in [5.41, 5.74) is 1.34. The van der Waals surface area contributed by atoms with Crippen molar-refractivity contribution in [1.82, 2.24) is 0 Å². The molecule has 1 atom stereocenters. The third-order valence-corrected chi connectivity index (χ3v) is 6.31. The van der Waals surface area contributed by atoms with Gasteiger partial charge in [-0.05, 0) is 35.4 Å². The lowest BCUT2D eigenvalue weighted by atomic mass is 10.1. The Morgan fingerprint density at radius 1 is 0.955 bits per heavy atom. The maximum atomic E-state index is 12.8. The van der Waals surface area contributed by atoms with Crippen LogP contribution in [0.15, 0.2) is 51.1 Å². The van der Waals surface area contributed by atoms with Crippen molar-refractivity contribution in [3.05, 3.63) is 53.1 Å². The van der Waals surface area contributed by atoms with E-state index >= 15 is 0 Å². The monoisotopic (exact) mass is 332 g/mol. The Balaban J connectivity index is 2.31. The van der Waals surface area contributed by atoms with E-state index < -0.39 is 20.6 Å².